The van der Waals surface area contributed by atoms with Gasteiger partial charge >= 0.3 is 5.97 Å². The normalized spacial score (nSPS) is 15.9. The summed E-state index contributed by atoms with van der Waals surface area (Å²) in [6.07, 6.45) is 2.48. The summed E-state index contributed by atoms with van der Waals surface area (Å²) in [5.41, 5.74) is 2.82. The maximum absolute atomic E-state index is 12.2. The zero-order valence-electron chi connectivity index (χ0n) is 14.6. The van der Waals surface area contributed by atoms with Crippen molar-refractivity contribution in [2.45, 2.75) is 31.7 Å². The molecule has 1 saturated heterocycles. The third-order valence-corrected chi connectivity index (χ3v) is 4.48. The Hall–Kier alpha value is -2.17. The van der Waals surface area contributed by atoms with Crippen molar-refractivity contribution >= 4 is 24.2 Å². The molecule has 0 saturated carbocycles. The number of benzene rings is 2. The number of hydrogen-bond donors (Lipinski definition) is 1. The Labute approximate surface area is 160 Å². The van der Waals surface area contributed by atoms with E-state index in [1.54, 1.807) is 0 Å². The van der Waals surface area contributed by atoms with Crippen LogP contribution in [-0.2, 0) is 9.53 Å². The van der Waals surface area contributed by atoms with Crippen molar-refractivity contribution in [2.24, 2.45) is 0 Å². The second kappa shape index (κ2) is 10.1. The van der Waals surface area contributed by atoms with Gasteiger partial charge in [0.15, 0.2) is 5.78 Å². The largest absolute Gasteiger partial charge is 0.464 e. The van der Waals surface area contributed by atoms with E-state index in [-0.39, 0.29) is 43.0 Å². The first-order valence-corrected chi connectivity index (χ1v) is 8.80. The Morgan fingerprint density at radius 2 is 1.65 bits per heavy atom. The van der Waals surface area contributed by atoms with Gasteiger partial charge in [-0.15, -0.1) is 12.4 Å². The summed E-state index contributed by atoms with van der Waals surface area (Å²) in [4.78, 5) is 24.0. The highest BCUT2D eigenvalue weighted by Crippen LogP contribution is 2.20. The van der Waals surface area contributed by atoms with Gasteiger partial charge in [0.05, 0.1) is 6.42 Å². The zero-order valence-corrected chi connectivity index (χ0v) is 15.5. The fourth-order valence-electron chi connectivity index (χ4n) is 3.00. The molecule has 1 heterocycles. The Bertz CT molecular complexity index is 710. The quantitative estimate of drug-likeness (QED) is 0.588. The average Bonchev–Trinajstić information content (AvgIpc) is 3.19. The van der Waals surface area contributed by atoms with E-state index in [2.05, 4.69) is 5.32 Å². The molecule has 3 rings (SSSR count). The molecule has 1 unspecified atom stereocenters. The number of ether oxygens (including phenoxy) is 1. The molecule has 1 N–H and O–H groups in total. The molecule has 138 valence electrons. The van der Waals surface area contributed by atoms with Crippen LogP contribution in [-0.4, -0.2) is 30.9 Å². The minimum Gasteiger partial charge on any atom is -0.464 e. The summed E-state index contributed by atoms with van der Waals surface area (Å²) in [7, 11) is 0. The van der Waals surface area contributed by atoms with Crippen LogP contribution < -0.4 is 5.32 Å². The molecule has 4 nitrogen and oxygen atoms in total. The van der Waals surface area contributed by atoms with Crippen LogP contribution in [0.2, 0.25) is 0 Å². The molecule has 0 aromatic heterocycles. The molecule has 2 aromatic carbocycles. The molecule has 0 aliphatic carbocycles. The summed E-state index contributed by atoms with van der Waals surface area (Å²) >= 11 is 0. The van der Waals surface area contributed by atoms with E-state index in [4.69, 9.17) is 4.74 Å². The molecule has 26 heavy (non-hydrogen) atoms. The molecule has 0 radical (unpaired) electrons. The highest BCUT2D eigenvalue weighted by molar-refractivity contribution is 5.97. The highest BCUT2D eigenvalue weighted by atomic mass is 35.5. The van der Waals surface area contributed by atoms with E-state index < -0.39 is 0 Å². The first kappa shape index (κ1) is 20.1. The van der Waals surface area contributed by atoms with Gasteiger partial charge in [-0.3, -0.25) is 9.59 Å². The van der Waals surface area contributed by atoms with E-state index in [0.29, 0.717) is 12.2 Å². The second-order valence-corrected chi connectivity index (χ2v) is 6.34. The number of ketones is 1. The van der Waals surface area contributed by atoms with Crippen LogP contribution in [0, 0.1) is 0 Å². The minimum atomic E-state index is -0.303. The van der Waals surface area contributed by atoms with Crippen molar-refractivity contribution in [3.8, 4) is 11.1 Å². The molecule has 1 aliphatic rings. The van der Waals surface area contributed by atoms with Crippen LogP contribution in [0.1, 0.15) is 36.0 Å². The van der Waals surface area contributed by atoms with Crippen LogP contribution in [0.25, 0.3) is 11.1 Å². The summed E-state index contributed by atoms with van der Waals surface area (Å²) < 4.78 is 5.24. The number of hydrogen-bond acceptors (Lipinski definition) is 4. The first-order chi connectivity index (χ1) is 12.2. The molecule has 0 amide bonds. The van der Waals surface area contributed by atoms with E-state index in [1.807, 2.05) is 54.6 Å². The van der Waals surface area contributed by atoms with Crippen LogP contribution in [0.4, 0.5) is 0 Å². The predicted octanol–water partition coefficient (Wildman–Crippen LogP) is 4.03. The average molecular weight is 374 g/mol. The van der Waals surface area contributed by atoms with Crippen molar-refractivity contribution < 1.29 is 14.3 Å². The van der Waals surface area contributed by atoms with Crippen molar-refractivity contribution in [1.29, 1.82) is 0 Å². The molecular formula is C21H24ClNO3. The molecule has 0 bridgehead atoms. The number of halogens is 1. The standard InChI is InChI=1S/C21H23NO3.ClH/c23-20(12-13-21(24)25-15-19-7-4-14-22-19)18-10-8-17(9-11-18)16-5-2-1-3-6-16;/h1-3,5-6,8-11,19,22H,4,7,12-15H2;1H. The lowest BCUT2D eigenvalue weighted by molar-refractivity contribution is -0.144. The Balaban J connectivity index is 0.00000243. The number of carbonyl (C=O) groups excluding carboxylic acids is 2. The Morgan fingerprint density at radius 3 is 2.31 bits per heavy atom. The summed E-state index contributed by atoms with van der Waals surface area (Å²) in [6.45, 7) is 1.39. The van der Waals surface area contributed by atoms with Gasteiger partial charge in [0.1, 0.15) is 6.61 Å². The molecular weight excluding hydrogens is 350 g/mol. The lowest BCUT2D eigenvalue weighted by atomic mass is 10.0. The van der Waals surface area contributed by atoms with Crippen LogP contribution >= 0.6 is 12.4 Å². The van der Waals surface area contributed by atoms with Gasteiger partial charge in [0.2, 0.25) is 0 Å². The smallest absolute Gasteiger partial charge is 0.306 e. The number of Topliss-reactive ketones (excluding diaryl/α,β-unsaturated/α-hetero) is 1. The lowest BCUT2D eigenvalue weighted by Gasteiger charge is -2.10. The maximum atomic E-state index is 12.2. The molecule has 1 aliphatic heterocycles. The van der Waals surface area contributed by atoms with E-state index >= 15 is 0 Å². The highest BCUT2D eigenvalue weighted by Gasteiger charge is 2.16. The molecule has 0 spiro atoms. The molecule has 1 fully saturated rings. The van der Waals surface area contributed by atoms with E-state index in [1.165, 1.54) is 0 Å². The van der Waals surface area contributed by atoms with Crippen LogP contribution in [0.3, 0.4) is 0 Å². The number of nitrogens with one attached hydrogen (secondary N) is 1. The Kier molecular flexibility index (Phi) is 7.82. The van der Waals surface area contributed by atoms with Crippen LogP contribution in [0.15, 0.2) is 54.6 Å². The third kappa shape index (κ3) is 5.68. The van der Waals surface area contributed by atoms with E-state index in [9.17, 15) is 9.59 Å². The lowest BCUT2D eigenvalue weighted by Crippen LogP contribution is -2.28. The molecule has 1 atom stereocenters. The van der Waals surface area contributed by atoms with Gasteiger partial charge < -0.3 is 10.1 Å². The summed E-state index contributed by atoms with van der Waals surface area (Å²) in [6, 6.07) is 17.8. The summed E-state index contributed by atoms with van der Waals surface area (Å²) in [5, 5.41) is 3.28. The maximum Gasteiger partial charge on any atom is 0.306 e. The van der Waals surface area contributed by atoms with Gasteiger partial charge in [-0.25, -0.2) is 0 Å². The summed E-state index contributed by atoms with van der Waals surface area (Å²) in [5.74, 6) is -0.335. The molecule has 2 aromatic rings. The van der Waals surface area contributed by atoms with Gasteiger partial charge in [-0.05, 0) is 30.5 Å². The Morgan fingerprint density at radius 1 is 0.962 bits per heavy atom. The number of rotatable bonds is 7. The second-order valence-electron chi connectivity index (χ2n) is 6.34. The molecule has 5 heteroatoms. The SMILES string of the molecule is Cl.O=C(CCC(=O)c1ccc(-c2ccccc2)cc1)OCC1CCCN1. The van der Waals surface area contributed by atoms with Crippen molar-refractivity contribution in [2.75, 3.05) is 13.2 Å². The van der Waals surface area contributed by atoms with Gasteiger partial charge in [-0.2, -0.15) is 0 Å². The number of carbonyl (C=O) groups is 2. The monoisotopic (exact) mass is 373 g/mol. The van der Waals surface area contributed by atoms with Gasteiger partial charge in [0.25, 0.3) is 0 Å². The van der Waals surface area contributed by atoms with Gasteiger partial charge in [0, 0.05) is 18.0 Å². The fraction of sp³-hybridized carbons (Fsp3) is 0.333. The van der Waals surface area contributed by atoms with Crippen molar-refractivity contribution in [1.82, 2.24) is 5.32 Å². The zero-order chi connectivity index (χ0) is 17.5. The topological polar surface area (TPSA) is 55.4 Å². The van der Waals surface area contributed by atoms with Crippen molar-refractivity contribution in [3.05, 3.63) is 60.2 Å². The third-order valence-electron chi connectivity index (χ3n) is 4.48. The predicted molar refractivity (Wildman–Crippen MR) is 105 cm³/mol. The van der Waals surface area contributed by atoms with Crippen molar-refractivity contribution in [3.63, 3.8) is 0 Å². The van der Waals surface area contributed by atoms with E-state index in [0.717, 1.165) is 30.5 Å². The fourth-order valence-corrected chi connectivity index (χ4v) is 3.00. The van der Waals surface area contributed by atoms with Crippen LogP contribution in [0.5, 0.6) is 0 Å². The van der Waals surface area contributed by atoms with Gasteiger partial charge in [-0.1, -0.05) is 54.6 Å². The minimum absolute atomic E-state index is 0. The first-order valence-electron chi connectivity index (χ1n) is 8.80. The number of esters is 1.